The van der Waals surface area contributed by atoms with Crippen molar-refractivity contribution in [3.8, 4) is 0 Å². The predicted molar refractivity (Wildman–Crippen MR) is 86.9 cm³/mol. The van der Waals surface area contributed by atoms with Crippen LogP contribution < -0.4 is 5.32 Å². The van der Waals surface area contributed by atoms with Crippen LogP contribution in [0.4, 0.5) is 5.82 Å². The third-order valence-corrected chi connectivity index (χ3v) is 4.92. The van der Waals surface area contributed by atoms with Gasteiger partial charge >= 0.3 is 0 Å². The first kappa shape index (κ1) is 15.5. The first-order valence-electron chi connectivity index (χ1n) is 8.39. The highest BCUT2D eigenvalue weighted by Crippen LogP contribution is 2.31. The Morgan fingerprint density at radius 2 is 2.14 bits per heavy atom. The highest BCUT2D eigenvalue weighted by atomic mass is 16.2. The van der Waals surface area contributed by atoms with Crippen LogP contribution in [0.3, 0.4) is 0 Å². The zero-order chi connectivity index (χ0) is 15.5. The molecule has 1 aliphatic carbocycles. The van der Waals surface area contributed by atoms with Gasteiger partial charge in [0, 0.05) is 31.7 Å². The standard InChI is InChI=1S/C16H27N5O/c1-13-11-19(2)9-10-20(13)12-16(22)18-15-7-8-17-21(15)14-5-3-4-6-14/h7-8,13-14H,3-6,9-12H2,1-2H3,(H,18,22)/t13-/m0/s1. The van der Waals surface area contributed by atoms with Crippen LogP contribution in [0, 0.1) is 0 Å². The van der Waals surface area contributed by atoms with Crippen LogP contribution >= 0.6 is 0 Å². The smallest absolute Gasteiger partial charge is 0.239 e. The second kappa shape index (κ2) is 6.79. The van der Waals surface area contributed by atoms with Crippen molar-refractivity contribution in [3.63, 3.8) is 0 Å². The third-order valence-electron chi connectivity index (χ3n) is 4.92. The second-order valence-electron chi connectivity index (χ2n) is 6.73. The summed E-state index contributed by atoms with van der Waals surface area (Å²) in [6, 6.07) is 2.78. The molecule has 2 heterocycles. The van der Waals surface area contributed by atoms with E-state index in [-0.39, 0.29) is 5.91 Å². The lowest BCUT2D eigenvalue weighted by Crippen LogP contribution is -2.52. The molecule has 1 aromatic heterocycles. The number of likely N-dealkylation sites (N-methyl/N-ethyl adjacent to an activating group) is 1. The molecule has 1 atom stereocenters. The van der Waals surface area contributed by atoms with E-state index in [4.69, 9.17) is 0 Å². The lowest BCUT2D eigenvalue weighted by atomic mass is 10.2. The molecule has 1 amide bonds. The van der Waals surface area contributed by atoms with E-state index < -0.39 is 0 Å². The number of rotatable bonds is 4. The molecule has 1 saturated heterocycles. The summed E-state index contributed by atoms with van der Waals surface area (Å²) in [7, 11) is 2.13. The molecule has 6 nitrogen and oxygen atoms in total. The average Bonchev–Trinajstić information content (AvgIpc) is 3.12. The van der Waals surface area contributed by atoms with Crippen molar-refractivity contribution in [3.05, 3.63) is 12.3 Å². The van der Waals surface area contributed by atoms with Gasteiger partial charge in [0.25, 0.3) is 0 Å². The quantitative estimate of drug-likeness (QED) is 0.917. The van der Waals surface area contributed by atoms with Crippen molar-refractivity contribution in [2.24, 2.45) is 0 Å². The Balaban J connectivity index is 1.57. The van der Waals surface area contributed by atoms with E-state index in [0.717, 1.165) is 25.5 Å². The van der Waals surface area contributed by atoms with E-state index in [1.807, 2.05) is 10.7 Å². The van der Waals surface area contributed by atoms with Gasteiger partial charge in [0.15, 0.2) is 0 Å². The molecule has 0 bridgehead atoms. The minimum absolute atomic E-state index is 0.0659. The summed E-state index contributed by atoms with van der Waals surface area (Å²) in [6.07, 6.45) is 6.64. The molecule has 3 rings (SSSR count). The average molecular weight is 305 g/mol. The highest BCUT2D eigenvalue weighted by Gasteiger charge is 2.24. The first-order valence-corrected chi connectivity index (χ1v) is 8.39. The lowest BCUT2D eigenvalue weighted by Gasteiger charge is -2.37. The van der Waals surface area contributed by atoms with E-state index in [2.05, 4.69) is 34.2 Å². The first-order chi connectivity index (χ1) is 10.6. The molecule has 0 unspecified atom stereocenters. The minimum atomic E-state index is 0.0659. The van der Waals surface area contributed by atoms with Gasteiger partial charge in [-0.05, 0) is 26.8 Å². The van der Waals surface area contributed by atoms with Gasteiger partial charge < -0.3 is 10.2 Å². The number of amides is 1. The maximum atomic E-state index is 12.4. The van der Waals surface area contributed by atoms with Gasteiger partial charge in [0.05, 0.1) is 18.8 Å². The molecule has 0 radical (unpaired) electrons. The molecule has 122 valence electrons. The van der Waals surface area contributed by atoms with Crippen LogP contribution in [0.5, 0.6) is 0 Å². The number of nitrogens with zero attached hydrogens (tertiary/aromatic N) is 4. The number of carbonyl (C=O) groups is 1. The van der Waals surface area contributed by atoms with Crippen LogP contribution in [-0.4, -0.2) is 64.8 Å². The van der Waals surface area contributed by atoms with Gasteiger partial charge in [-0.3, -0.25) is 9.69 Å². The molecular weight excluding hydrogens is 278 g/mol. The van der Waals surface area contributed by atoms with Gasteiger partial charge in [-0.2, -0.15) is 5.10 Å². The number of nitrogens with one attached hydrogen (secondary N) is 1. The maximum absolute atomic E-state index is 12.4. The van der Waals surface area contributed by atoms with Crippen LogP contribution in [0.25, 0.3) is 0 Å². The van der Waals surface area contributed by atoms with Gasteiger partial charge in [0.2, 0.25) is 5.91 Å². The zero-order valence-electron chi connectivity index (χ0n) is 13.7. The number of piperazine rings is 1. The van der Waals surface area contributed by atoms with Crippen molar-refractivity contribution in [1.29, 1.82) is 0 Å². The van der Waals surface area contributed by atoms with Crippen LogP contribution in [0.1, 0.15) is 38.6 Å². The van der Waals surface area contributed by atoms with Crippen LogP contribution in [0.15, 0.2) is 12.3 Å². The number of carbonyl (C=O) groups excluding carboxylic acids is 1. The Labute approximate surface area is 132 Å². The fourth-order valence-corrected chi connectivity index (χ4v) is 3.63. The van der Waals surface area contributed by atoms with E-state index in [1.54, 1.807) is 6.20 Å². The summed E-state index contributed by atoms with van der Waals surface area (Å²) >= 11 is 0. The van der Waals surface area contributed by atoms with Crippen molar-refractivity contribution in [1.82, 2.24) is 19.6 Å². The molecule has 2 aliphatic rings. The Morgan fingerprint density at radius 3 is 2.86 bits per heavy atom. The zero-order valence-corrected chi connectivity index (χ0v) is 13.7. The van der Waals surface area contributed by atoms with E-state index in [9.17, 15) is 4.79 Å². The summed E-state index contributed by atoms with van der Waals surface area (Å²) in [5.74, 6) is 0.912. The van der Waals surface area contributed by atoms with Crippen molar-refractivity contribution >= 4 is 11.7 Å². The fourth-order valence-electron chi connectivity index (χ4n) is 3.63. The Bertz CT molecular complexity index is 508. The molecule has 0 spiro atoms. The number of aromatic nitrogens is 2. The maximum Gasteiger partial charge on any atom is 0.239 e. The van der Waals surface area contributed by atoms with Gasteiger partial charge in [-0.15, -0.1) is 0 Å². The molecule has 0 aromatic carbocycles. The highest BCUT2D eigenvalue weighted by molar-refractivity contribution is 5.91. The molecule has 22 heavy (non-hydrogen) atoms. The molecule has 1 aliphatic heterocycles. The van der Waals surface area contributed by atoms with Crippen molar-refractivity contribution in [2.75, 3.05) is 38.5 Å². The predicted octanol–water partition coefficient (Wildman–Crippen LogP) is 1.57. The van der Waals surface area contributed by atoms with Gasteiger partial charge in [-0.25, -0.2) is 4.68 Å². The monoisotopic (exact) mass is 305 g/mol. The molecular formula is C16H27N5O. The molecule has 6 heteroatoms. The van der Waals surface area contributed by atoms with E-state index >= 15 is 0 Å². The number of anilines is 1. The Hall–Kier alpha value is -1.40. The minimum Gasteiger partial charge on any atom is -0.310 e. The van der Waals surface area contributed by atoms with E-state index in [1.165, 1.54) is 25.7 Å². The Kier molecular flexibility index (Phi) is 4.78. The largest absolute Gasteiger partial charge is 0.310 e. The third kappa shape index (κ3) is 3.50. The summed E-state index contributed by atoms with van der Waals surface area (Å²) in [5, 5.41) is 7.46. The van der Waals surface area contributed by atoms with E-state index in [0.29, 0.717) is 18.6 Å². The van der Waals surface area contributed by atoms with Crippen LogP contribution in [0.2, 0.25) is 0 Å². The molecule has 1 aromatic rings. The fraction of sp³-hybridized carbons (Fsp3) is 0.750. The Morgan fingerprint density at radius 1 is 1.36 bits per heavy atom. The SMILES string of the molecule is C[C@H]1CN(C)CCN1CC(=O)Nc1ccnn1C1CCCC1. The summed E-state index contributed by atoms with van der Waals surface area (Å²) < 4.78 is 2.00. The normalized spacial score (nSPS) is 24.7. The second-order valence-corrected chi connectivity index (χ2v) is 6.73. The lowest BCUT2D eigenvalue weighted by molar-refractivity contribution is -0.118. The van der Waals surface area contributed by atoms with Gasteiger partial charge in [-0.1, -0.05) is 12.8 Å². The molecule has 1 saturated carbocycles. The number of hydrogen-bond acceptors (Lipinski definition) is 4. The number of hydrogen-bond donors (Lipinski definition) is 1. The van der Waals surface area contributed by atoms with Crippen molar-refractivity contribution in [2.45, 2.75) is 44.7 Å². The molecule has 2 fully saturated rings. The topological polar surface area (TPSA) is 53.4 Å². The van der Waals surface area contributed by atoms with Gasteiger partial charge in [0.1, 0.15) is 5.82 Å². The summed E-state index contributed by atoms with van der Waals surface area (Å²) in [6.45, 7) is 5.65. The van der Waals surface area contributed by atoms with Crippen LogP contribution in [-0.2, 0) is 4.79 Å². The summed E-state index contributed by atoms with van der Waals surface area (Å²) in [4.78, 5) is 16.9. The van der Waals surface area contributed by atoms with Crippen molar-refractivity contribution < 1.29 is 4.79 Å². The molecule has 1 N–H and O–H groups in total. The summed E-state index contributed by atoms with van der Waals surface area (Å²) in [5.41, 5.74) is 0.